The van der Waals surface area contributed by atoms with E-state index in [-0.39, 0.29) is 106 Å². The van der Waals surface area contributed by atoms with E-state index < -0.39 is 133 Å². The molecule has 4 aliphatic rings. The van der Waals surface area contributed by atoms with Crippen molar-refractivity contribution in [3.05, 3.63) is 124 Å². The molecule has 12 bridgehead atoms. The number of nitrogens with zero attached hydrogens (tertiary/aromatic N) is 7. The number of aromatic amines is 1. The monoisotopic (exact) mass is 1420 g/mol. The molecule has 1 fully saturated rings. The number of aromatic nitrogens is 7. The number of rotatable bonds is 9. The summed E-state index contributed by atoms with van der Waals surface area (Å²) in [7, 11) is 4.88. The van der Waals surface area contributed by atoms with E-state index in [1.54, 1.807) is 56.4 Å². The third kappa shape index (κ3) is 13.6. The smallest absolute Gasteiger partial charge is 0.355 e. The molecular formula is C61H60N14O17S5. The van der Waals surface area contributed by atoms with E-state index in [0.29, 0.717) is 16.5 Å². The van der Waals surface area contributed by atoms with Gasteiger partial charge in [0.15, 0.2) is 12.4 Å². The number of aliphatic hydroxyl groups is 2. The number of ether oxygens (including phenoxy) is 6. The topological polar surface area (TPSA) is 435 Å². The Bertz CT molecular complexity index is 4550. The minimum absolute atomic E-state index is 0.00124. The van der Waals surface area contributed by atoms with Gasteiger partial charge in [-0.25, -0.2) is 39.5 Å². The van der Waals surface area contributed by atoms with Crippen LogP contribution in [-0.2, 0) is 56.0 Å². The molecule has 36 heteroatoms. The molecule has 10 atom stereocenters. The SMILES string of the molecule is C=C(NC(=O)c1csc(-c2nc3c(cc2O)-c2nc(cs2)C(=O)N[C@@H]([C@@H](C)O)C(=O)N/C(=C(\C)OC)c2nc(cs2)C(=O)N[C@@H]2c4nc(cs4)C(=O)N[C@@H](COC(=O)c4[nH]c5cccc6c5c4CO[C@@H]2[C@H](O[C@H]2C[C@](C)(O)[C@H](N(C)C)[C@H](C)O2)C(=O)OC6)c2nc-3cs2)n1)C(N)=O. The molecule has 8 aromatic rings. The number of carbonyl (C=O) groups excluding carboxylic acids is 8. The molecule has 12 rings (SSSR count). The molecule has 6 amide bonds. The van der Waals surface area contributed by atoms with Gasteiger partial charge in [0.05, 0.1) is 43.3 Å². The lowest BCUT2D eigenvalue weighted by Crippen LogP contribution is -2.62. The molecule has 31 nitrogen and oxygen atoms in total. The van der Waals surface area contributed by atoms with Gasteiger partial charge in [-0.2, -0.15) is 0 Å². The number of aromatic hydroxyl groups is 1. The number of pyridine rings is 1. The Labute approximate surface area is 569 Å². The van der Waals surface area contributed by atoms with Gasteiger partial charge in [-0.05, 0) is 59.5 Å². The highest BCUT2D eigenvalue weighted by Crippen LogP contribution is 2.43. The van der Waals surface area contributed by atoms with Crippen molar-refractivity contribution in [3.63, 3.8) is 0 Å². The predicted octanol–water partition coefficient (Wildman–Crippen LogP) is 4.18. The normalized spacial score (nSPS) is 24.1. The molecule has 0 unspecified atom stereocenters. The molecule has 1 saturated heterocycles. The van der Waals surface area contributed by atoms with E-state index >= 15 is 9.59 Å². The number of fused-ring (bicyclic) bond motifs is 15. The number of allylic oxidation sites excluding steroid dienone is 1. The number of nitrogens with one attached hydrogen (secondary N) is 6. The highest BCUT2D eigenvalue weighted by Gasteiger charge is 2.50. The van der Waals surface area contributed by atoms with Crippen molar-refractivity contribution in [3.8, 4) is 38.4 Å². The Kier molecular flexibility index (Phi) is 19.0. The zero-order chi connectivity index (χ0) is 69.0. The van der Waals surface area contributed by atoms with Gasteiger partial charge in [0.2, 0.25) is 5.91 Å². The number of aliphatic hydroxyl groups excluding tert-OH is 1. The molecule has 506 valence electrons. The number of esters is 2. The average molecular weight is 1420 g/mol. The molecule has 1 aromatic carbocycles. The predicted molar refractivity (Wildman–Crippen MR) is 349 cm³/mol. The third-order valence-corrected chi connectivity index (χ3v) is 20.7. The number of methoxy groups -OCH3 is 1. The molecule has 4 aliphatic heterocycles. The summed E-state index contributed by atoms with van der Waals surface area (Å²) in [5.41, 5.74) is 3.34. The highest BCUT2D eigenvalue weighted by atomic mass is 32.1. The number of nitrogens with two attached hydrogens (primary N) is 1. The van der Waals surface area contributed by atoms with Crippen LogP contribution in [0.15, 0.2) is 69.2 Å². The Balaban J connectivity index is 1.03. The lowest BCUT2D eigenvalue weighted by atomic mass is 9.85. The van der Waals surface area contributed by atoms with E-state index in [1.165, 1.54) is 48.5 Å². The van der Waals surface area contributed by atoms with Crippen molar-refractivity contribution in [1.82, 2.24) is 66.4 Å². The molecular weight excluding hydrogens is 1360 g/mol. The molecule has 0 saturated carbocycles. The van der Waals surface area contributed by atoms with Gasteiger partial charge >= 0.3 is 11.9 Å². The van der Waals surface area contributed by atoms with Crippen LogP contribution in [0.25, 0.3) is 49.3 Å². The number of thiazole rings is 5. The minimum atomic E-state index is -1.86. The number of amides is 6. The third-order valence-electron chi connectivity index (χ3n) is 16.2. The zero-order valence-electron chi connectivity index (χ0n) is 52.2. The maximum absolute atomic E-state index is 15.2. The second-order valence-electron chi connectivity index (χ2n) is 23.2. The van der Waals surface area contributed by atoms with Crippen LogP contribution in [0, 0.1) is 0 Å². The summed E-state index contributed by atoms with van der Waals surface area (Å²) in [5, 5.41) is 55.8. The van der Waals surface area contributed by atoms with Crippen molar-refractivity contribution in [2.45, 2.75) is 108 Å². The van der Waals surface area contributed by atoms with Crippen LogP contribution in [0.2, 0.25) is 0 Å². The van der Waals surface area contributed by atoms with Crippen molar-refractivity contribution >= 4 is 121 Å². The Morgan fingerprint density at radius 3 is 2.24 bits per heavy atom. The summed E-state index contributed by atoms with van der Waals surface area (Å²) < 4.78 is 37.8. The first-order valence-electron chi connectivity index (χ1n) is 29.5. The average Bonchev–Trinajstić information content (AvgIpc) is 1.76. The van der Waals surface area contributed by atoms with E-state index in [2.05, 4.69) is 53.1 Å². The molecule has 7 aromatic heterocycles. The lowest BCUT2D eigenvalue weighted by Gasteiger charge is -2.48. The number of hydrogen-bond acceptors (Lipinski definition) is 29. The van der Waals surface area contributed by atoms with E-state index in [1.807, 2.05) is 0 Å². The van der Waals surface area contributed by atoms with Crippen molar-refractivity contribution in [2.24, 2.45) is 5.73 Å². The number of carbonyl (C=O) groups is 8. The Morgan fingerprint density at radius 1 is 0.845 bits per heavy atom. The number of likely N-dealkylation sites (N-methyl/N-ethyl adjacent to an activating group) is 1. The van der Waals surface area contributed by atoms with Gasteiger partial charge in [-0.1, -0.05) is 18.7 Å². The molecule has 11 N–H and O–H groups in total. The maximum Gasteiger partial charge on any atom is 0.355 e. The molecule has 0 radical (unpaired) electrons. The van der Waals surface area contributed by atoms with Crippen molar-refractivity contribution in [2.75, 3.05) is 27.8 Å². The fraction of sp³-hybridized carbons (Fsp3) is 0.344. The first-order chi connectivity index (χ1) is 46.2. The van der Waals surface area contributed by atoms with Gasteiger partial charge < -0.3 is 85.9 Å². The van der Waals surface area contributed by atoms with Crippen LogP contribution in [0.1, 0.15) is 125 Å². The fourth-order valence-corrected chi connectivity index (χ4v) is 15.8. The second kappa shape index (κ2) is 27.3. The van der Waals surface area contributed by atoms with Crippen LogP contribution in [0.3, 0.4) is 0 Å². The number of cyclic esters (lactones) is 2. The largest absolute Gasteiger partial charge is 0.506 e. The van der Waals surface area contributed by atoms with Crippen LogP contribution in [0.5, 0.6) is 5.75 Å². The fourth-order valence-electron chi connectivity index (χ4n) is 11.6. The number of hydrogen-bond donors (Lipinski definition) is 10. The van der Waals surface area contributed by atoms with Crippen LogP contribution in [-0.4, -0.2) is 179 Å². The van der Waals surface area contributed by atoms with Gasteiger partial charge in [0.1, 0.15) is 125 Å². The number of benzene rings is 1. The summed E-state index contributed by atoms with van der Waals surface area (Å²) in [5.74, 6) is -7.84. The van der Waals surface area contributed by atoms with E-state index in [4.69, 9.17) is 49.1 Å². The Morgan fingerprint density at radius 2 is 1.52 bits per heavy atom. The second-order valence-corrected chi connectivity index (χ2v) is 27.5. The summed E-state index contributed by atoms with van der Waals surface area (Å²) in [4.78, 5) is 147. The van der Waals surface area contributed by atoms with Gasteiger partial charge in [-0.3, -0.25) is 28.8 Å². The van der Waals surface area contributed by atoms with Crippen molar-refractivity contribution in [1.29, 1.82) is 0 Å². The standard InChI is InChI=1S/C61H60N14O17S5/c1-22(48(62)78)63-49(79)32-19-96-57(69-32)43-36(77)12-27-41(71-43)31-17-94-55(66-31)30-16-90-59(84)42-28-15-88-45(46(60(85)89-14-26-10-9-11-29(64-42)38(26)28)92-37-13-61(5,86)47(75(6)7)25(4)91-37)44(58-70-33(20-97-58)50(80)65-30)74-52(82)35-21-95-56(68-35)40(24(3)87-8)73-53(83)39(23(2)76)72-51(81)34-18-93-54(27)67-34/h9-12,17-21,23,25,30,37,39,44-47,64,76-77,86H,1,13-16H2,2-8H3,(H2,62,78)(H,63,79)(H,65,80)(H,72,81)(H,73,83)(H,74,82)/b40-24+/t23-,25+,30+,37+,39+,44+,45+,46+,47-,61+/m1/s1. The highest BCUT2D eigenvalue weighted by molar-refractivity contribution is 7.14. The first-order valence-corrected chi connectivity index (χ1v) is 33.9. The molecule has 97 heavy (non-hydrogen) atoms. The van der Waals surface area contributed by atoms with Crippen molar-refractivity contribution < 1.29 is 82.1 Å². The summed E-state index contributed by atoms with van der Waals surface area (Å²) >= 11 is 4.59. The van der Waals surface area contributed by atoms with Gasteiger partial charge in [-0.15, -0.1) is 56.7 Å². The van der Waals surface area contributed by atoms with E-state index in [0.717, 1.165) is 56.7 Å². The number of primary amides is 1. The van der Waals surface area contributed by atoms with E-state index in [9.17, 15) is 44.1 Å². The molecule has 0 spiro atoms. The Hall–Kier alpha value is -9.34. The maximum atomic E-state index is 15.2. The summed E-state index contributed by atoms with van der Waals surface area (Å²) in [6, 6.07) is 1.24. The molecule has 11 heterocycles. The summed E-state index contributed by atoms with van der Waals surface area (Å²) in [6.07, 6.45) is -7.30. The van der Waals surface area contributed by atoms with Crippen LogP contribution in [0.4, 0.5) is 0 Å². The zero-order valence-corrected chi connectivity index (χ0v) is 56.3. The van der Waals surface area contributed by atoms with Crippen LogP contribution >= 0.6 is 56.7 Å². The first kappa shape index (κ1) is 67.6. The summed E-state index contributed by atoms with van der Waals surface area (Å²) in [6.45, 7) is 8.10. The minimum Gasteiger partial charge on any atom is -0.506 e. The van der Waals surface area contributed by atoms with Gasteiger partial charge in [0.25, 0.3) is 29.5 Å². The van der Waals surface area contributed by atoms with Crippen LogP contribution < -0.4 is 32.3 Å². The molecule has 0 aliphatic carbocycles. The number of H-pyrrole nitrogens is 1. The van der Waals surface area contributed by atoms with Gasteiger partial charge in [0, 0.05) is 55.4 Å². The lowest BCUT2D eigenvalue weighted by molar-refractivity contribution is -0.280. The quantitative estimate of drug-likeness (QED) is 0.0550.